The molecule has 1 aromatic rings. The molecule has 2 N–H and O–H groups in total. The van der Waals surface area contributed by atoms with Gasteiger partial charge in [0, 0.05) is 24.8 Å². The number of amides is 2. The van der Waals surface area contributed by atoms with E-state index in [2.05, 4.69) is 20.5 Å². The molecular weight excluding hydrogens is 326 g/mol. The van der Waals surface area contributed by atoms with Crippen LogP contribution in [0.5, 0.6) is 0 Å². The van der Waals surface area contributed by atoms with Crippen molar-refractivity contribution in [3.05, 3.63) is 6.33 Å². The predicted molar refractivity (Wildman–Crippen MR) is 91.4 cm³/mol. The normalized spacial score (nSPS) is 21.8. The molecule has 1 saturated carbocycles. The first-order chi connectivity index (χ1) is 11.8. The molecule has 1 atom stereocenters. The van der Waals surface area contributed by atoms with Crippen LogP contribution in [-0.2, 0) is 9.59 Å². The zero-order valence-corrected chi connectivity index (χ0v) is 14.7. The van der Waals surface area contributed by atoms with Gasteiger partial charge in [-0.05, 0) is 25.7 Å². The highest BCUT2D eigenvalue weighted by atomic mass is 32.2. The number of nitrogens with one attached hydrogen (secondary N) is 2. The summed E-state index contributed by atoms with van der Waals surface area (Å²) in [5, 5.41) is 10.3. The van der Waals surface area contributed by atoms with Crippen molar-refractivity contribution in [2.24, 2.45) is 5.92 Å². The molecule has 2 aliphatic rings. The summed E-state index contributed by atoms with van der Waals surface area (Å²) in [6.45, 7) is 1.28. The fraction of sp³-hybridized carbons (Fsp3) is 0.750. The Morgan fingerprint density at radius 3 is 2.83 bits per heavy atom. The van der Waals surface area contributed by atoms with Gasteiger partial charge in [0.1, 0.15) is 12.4 Å². The maximum absolute atomic E-state index is 12.7. The van der Waals surface area contributed by atoms with Gasteiger partial charge in [-0.3, -0.25) is 14.7 Å². The van der Waals surface area contributed by atoms with Crippen LogP contribution in [0.3, 0.4) is 0 Å². The van der Waals surface area contributed by atoms with E-state index in [0.717, 1.165) is 56.0 Å². The fourth-order valence-electron chi connectivity index (χ4n) is 3.59. The van der Waals surface area contributed by atoms with Gasteiger partial charge in [0.05, 0.1) is 0 Å². The maximum atomic E-state index is 12.7. The molecule has 0 bridgehead atoms. The molecule has 0 spiro atoms. The number of nitrogens with zero attached hydrogens (tertiary/aromatic N) is 3. The van der Waals surface area contributed by atoms with Crippen LogP contribution in [0.4, 0.5) is 0 Å². The van der Waals surface area contributed by atoms with E-state index >= 15 is 0 Å². The highest BCUT2D eigenvalue weighted by Crippen LogP contribution is 2.28. The summed E-state index contributed by atoms with van der Waals surface area (Å²) < 4.78 is 0. The molecule has 7 nitrogen and oxygen atoms in total. The SMILES string of the molecule is O=C(NCCSc1ncn[nH]1)[C@@H]1CCCN1C(=O)C1CCCCC1. The van der Waals surface area contributed by atoms with E-state index in [1.54, 1.807) is 0 Å². The summed E-state index contributed by atoms with van der Waals surface area (Å²) in [6, 6.07) is -0.283. The van der Waals surface area contributed by atoms with Crippen molar-refractivity contribution in [2.75, 3.05) is 18.8 Å². The second-order valence-electron chi connectivity index (χ2n) is 6.45. The van der Waals surface area contributed by atoms with Crippen molar-refractivity contribution < 1.29 is 9.59 Å². The Hall–Kier alpha value is -1.57. The Kier molecular flexibility index (Phi) is 6.12. The Balaban J connectivity index is 1.45. The van der Waals surface area contributed by atoms with Crippen molar-refractivity contribution in [1.82, 2.24) is 25.4 Å². The summed E-state index contributed by atoms with van der Waals surface area (Å²) >= 11 is 1.52. The molecule has 2 heterocycles. The Morgan fingerprint density at radius 2 is 2.08 bits per heavy atom. The lowest BCUT2D eigenvalue weighted by atomic mass is 9.88. The average molecular weight is 351 g/mol. The van der Waals surface area contributed by atoms with Crippen LogP contribution in [0.25, 0.3) is 0 Å². The van der Waals surface area contributed by atoms with E-state index in [1.807, 2.05) is 4.90 Å². The molecule has 2 amide bonds. The number of aromatic nitrogens is 3. The smallest absolute Gasteiger partial charge is 0.242 e. The molecule has 2 fully saturated rings. The highest BCUT2D eigenvalue weighted by molar-refractivity contribution is 7.99. The van der Waals surface area contributed by atoms with Crippen molar-refractivity contribution in [3.63, 3.8) is 0 Å². The summed E-state index contributed by atoms with van der Waals surface area (Å²) in [6.07, 6.45) is 8.64. The van der Waals surface area contributed by atoms with Crippen LogP contribution >= 0.6 is 11.8 Å². The van der Waals surface area contributed by atoms with Crippen molar-refractivity contribution in [3.8, 4) is 0 Å². The third kappa shape index (κ3) is 4.28. The average Bonchev–Trinajstić information content (AvgIpc) is 3.30. The summed E-state index contributed by atoms with van der Waals surface area (Å²) in [4.78, 5) is 31.0. The molecule has 0 aromatic carbocycles. The van der Waals surface area contributed by atoms with Gasteiger partial charge in [-0.2, -0.15) is 5.10 Å². The van der Waals surface area contributed by atoms with Gasteiger partial charge < -0.3 is 10.2 Å². The van der Waals surface area contributed by atoms with Gasteiger partial charge in [0.15, 0.2) is 5.16 Å². The first-order valence-corrected chi connectivity index (χ1v) is 9.80. The minimum Gasteiger partial charge on any atom is -0.353 e. The standard InChI is InChI=1S/C16H25N5O2S/c22-14(17-8-10-24-16-18-11-19-20-16)13-7-4-9-21(13)15(23)12-5-2-1-3-6-12/h11-13H,1-10H2,(H,17,22)(H,18,19,20)/t13-/m0/s1. The number of carbonyl (C=O) groups is 2. The van der Waals surface area contributed by atoms with E-state index in [4.69, 9.17) is 0 Å². The number of hydrogen-bond donors (Lipinski definition) is 2. The number of thioether (sulfide) groups is 1. The van der Waals surface area contributed by atoms with E-state index in [1.165, 1.54) is 24.5 Å². The number of rotatable bonds is 6. The van der Waals surface area contributed by atoms with Crippen LogP contribution in [0.1, 0.15) is 44.9 Å². The number of carbonyl (C=O) groups excluding carboxylic acids is 2. The maximum Gasteiger partial charge on any atom is 0.242 e. The zero-order chi connectivity index (χ0) is 16.8. The largest absolute Gasteiger partial charge is 0.353 e. The zero-order valence-electron chi connectivity index (χ0n) is 13.9. The number of H-pyrrole nitrogens is 1. The molecule has 0 radical (unpaired) electrons. The molecule has 1 aliphatic heterocycles. The van der Waals surface area contributed by atoms with E-state index in [9.17, 15) is 9.59 Å². The van der Waals surface area contributed by atoms with Crippen LogP contribution < -0.4 is 5.32 Å². The van der Waals surface area contributed by atoms with Gasteiger partial charge in [-0.15, -0.1) is 0 Å². The van der Waals surface area contributed by atoms with Crippen molar-refractivity contribution in [2.45, 2.75) is 56.1 Å². The third-order valence-electron chi connectivity index (χ3n) is 4.83. The lowest BCUT2D eigenvalue weighted by molar-refractivity contribution is -0.142. The highest BCUT2D eigenvalue weighted by Gasteiger charge is 2.37. The lowest BCUT2D eigenvalue weighted by Crippen LogP contribution is -2.48. The first kappa shape index (κ1) is 17.3. The molecule has 1 aromatic heterocycles. The quantitative estimate of drug-likeness (QED) is 0.600. The van der Waals surface area contributed by atoms with Gasteiger partial charge in [-0.25, -0.2) is 4.98 Å². The van der Waals surface area contributed by atoms with Gasteiger partial charge in [0.25, 0.3) is 0 Å². The lowest BCUT2D eigenvalue weighted by Gasteiger charge is -2.30. The van der Waals surface area contributed by atoms with Gasteiger partial charge in [-0.1, -0.05) is 31.0 Å². The summed E-state index contributed by atoms with van der Waals surface area (Å²) in [7, 11) is 0. The van der Waals surface area contributed by atoms with Crippen LogP contribution in [-0.4, -0.2) is 56.8 Å². The number of aromatic amines is 1. The minimum absolute atomic E-state index is 0.0187. The van der Waals surface area contributed by atoms with Crippen LogP contribution in [0, 0.1) is 5.92 Å². The Morgan fingerprint density at radius 1 is 1.25 bits per heavy atom. The fourth-order valence-corrected chi connectivity index (χ4v) is 4.23. The van der Waals surface area contributed by atoms with E-state index in [0.29, 0.717) is 6.54 Å². The van der Waals surface area contributed by atoms with E-state index < -0.39 is 0 Å². The predicted octanol–water partition coefficient (Wildman–Crippen LogP) is 1.58. The van der Waals surface area contributed by atoms with Crippen LogP contribution in [0.15, 0.2) is 11.5 Å². The third-order valence-corrected chi connectivity index (χ3v) is 5.70. The van der Waals surface area contributed by atoms with E-state index in [-0.39, 0.29) is 23.8 Å². The van der Waals surface area contributed by atoms with Crippen molar-refractivity contribution >= 4 is 23.6 Å². The molecule has 24 heavy (non-hydrogen) atoms. The molecule has 8 heteroatoms. The Bertz CT molecular complexity index is 545. The topological polar surface area (TPSA) is 91.0 Å². The second-order valence-corrected chi connectivity index (χ2v) is 7.54. The molecule has 1 saturated heterocycles. The Labute approximate surface area is 146 Å². The molecule has 132 valence electrons. The molecular formula is C16H25N5O2S. The second kappa shape index (κ2) is 8.50. The summed E-state index contributed by atoms with van der Waals surface area (Å²) in [5.41, 5.74) is 0. The molecule has 1 aliphatic carbocycles. The summed E-state index contributed by atoms with van der Waals surface area (Å²) in [5.74, 6) is 1.04. The molecule has 0 unspecified atom stereocenters. The van der Waals surface area contributed by atoms with Crippen LogP contribution in [0.2, 0.25) is 0 Å². The minimum atomic E-state index is -0.283. The van der Waals surface area contributed by atoms with Gasteiger partial charge >= 0.3 is 0 Å². The van der Waals surface area contributed by atoms with Gasteiger partial charge in [0.2, 0.25) is 11.8 Å². The number of hydrogen-bond acceptors (Lipinski definition) is 5. The number of likely N-dealkylation sites (tertiary alicyclic amines) is 1. The monoisotopic (exact) mass is 351 g/mol. The molecule has 3 rings (SSSR count). The van der Waals surface area contributed by atoms with Crippen molar-refractivity contribution in [1.29, 1.82) is 0 Å². The first-order valence-electron chi connectivity index (χ1n) is 8.82.